The molecule has 3 aliphatic rings. The maximum Gasteiger partial charge on any atom is 0.255 e. The van der Waals surface area contributed by atoms with Gasteiger partial charge in [-0.1, -0.05) is 23.7 Å². The zero-order valence-corrected chi connectivity index (χ0v) is 16.9. The number of nitrogens with zero attached hydrogens (tertiary/aromatic N) is 3. The number of rotatable bonds is 2. The highest BCUT2D eigenvalue weighted by Gasteiger charge is 2.43. The molecule has 3 fully saturated rings. The molecule has 0 N–H and O–H groups in total. The van der Waals surface area contributed by atoms with E-state index in [0.29, 0.717) is 43.1 Å². The number of halogens is 1. The van der Waals surface area contributed by atoms with E-state index in [2.05, 4.69) is 0 Å². The summed E-state index contributed by atoms with van der Waals surface area (Å²) in [5.74, 6) is -0.0659. The van der Waals surface area contributed by atoms with Crippen LogP contribution in [0, 0.1) is 5.92 Å². The Morgan fingerprint density at radius 3 is 2.50 bits per heavy atom. The van der Waals surface area contributed by atoms with Crippen molar-refractivity contribution in [3.05, 3.63) is 34.9 Å². The number of piperidine rings is 1. The second-order valence-electron chi connectivity index (χ2n) is 8.04. The van der Waals surface area contributed by atoms with Gasteiger partial charge in [-0.2, -0.15) is 0 Å². The summed E-state index contributed by atoms with van der Waals surface area (Å²) in [7, 11) is 0. The molecule has 0 bridgehead atoms. The van der Waals surface area contributed by atoms with Crippen LogP contribution in [-0.2, 0) is 9.59 Å². The van der Waals surface area contributed by atoms with E-state index in [9.17, 15) is 14.4 Å². The van der Waals surface area contributed by atoms with Crippen molar-refractivity contribution in [3.63, 3.8) is 0 Å². The first-order chi connectivity index (χ1) is 13.5. The average Bonchev–Trinajstić information content (AvgIpc) is 3.19. The fraction of sp³-hybridized carbons (Fsp3) is 0.571. The van der Waals surface area contributed by atoms with Crippen LogP contribution in [0.25, 0.3) is 0 Å². The van der Waals surface area contributed by atoms with Crippen LogP contribution in [0.4, 0.5) is 0 Å². The molecule has 2 atom stereocenters. The minimum Gasteiger partial charge on any atom is -0.339 e. The Morgan fingerprint density at radius 2 is 1.79 bits per heavy atom. The zero-order chi connectivity index (χ0) is 19.8. The SMILES string of the molecule is C[C@H]1C(=O)N2CCC[C@H]2CN1C(=O)C1CCN(C(=O)c2ccccc2Cl)CC1. The molecule has 3 aliphatic heterocycles. The maximum absolute atomic E-state index is 13.1. The molecule has 0 aromatic heterocycles. The fourth-order valence-corrected chi connectivity index (χ4v) is 4.94. The maximum atomic E-state index is 13.1. The van der Waals surface area contributed by atoms with E-state index in [1.54, 1.807) is 34.1 Å². The third kappa shape index (κ3) is 3.39. The average molecular weight is 404 g/mol. The number of fused-ring (bicyclic) bond motifs is 1. The van der Waals surface area contributed by atoms with E-state index in [0.717, 1.165) is 19.4 Å². The summed E-state index contributed by atoms with van der Waals surface area (Å²) in [4.78, 5) is 43.9. The molecule has 3 amide bonds. The van der Waals surface area contributed by atoms with Gasteiger partial charge < -0.3 is 14.7 Å². The van der Waals surface area contributed by atoms with E-state index in [4.69, 9.17) is 11.6 Å². The van der Waals surface area contributed by atoms with Crippen LogP contribution in [-0.4, -0.2) is 70.7 Å². The molecule has 1 aromatic carbocycles. The molecule has 4 rings (SSSR count). The van der Waals surface area contributed by atoms with Crippen LogP contribution in [0.3, 0.4) is 0 Å². The first-order valence-corrected chi connectivity index (χ1v) is 10.5. The Labute approximate surface area is 170 Å². The molecule has 3 heterocycles. The number of hydrogen-bond donors (Lipinski definition) is 0. The largest absolute Gasteiger partial charge is 0.339 e. The second kappa shape index (κ2) is 7.74. The summed E-state index contributed by atoms with van der Waals surface area (Å²) in [5.41, 5.74) is 0.505. The highest BCUT2D eigenvalue weighted by Crippen LogP contribution is 2.29. The van der Waals surface area contributed by atoms with Crippen molar-refractivity contribution in [2.45, 2.75) is 44.7 Å². The van der Waals surface area contributed by atoms with Gasteiger partial charge in [0.15, 0.2) is 0 Å². The van der Waals surface area contributed by atoms with Gasteiger partial charge in [0.05, 0.1) is 10.6 Å². The van der Waals surface area contributed by atoms with Crippen LogP contribution in [0.1, 0.15) is 43.0 Å². The minimum absolute atomic E-state index is 0.0669. The molecule has 1 aromatic rings. The normalized spacial score (nSPS) is 25.8. The molecule has 0 saturated carbocycles. The standard InChI is InChI=1S/C21H26ClN3O3/c1-14-19(26)24-10-4-5-16(24)13-25(14)20(27)15-8-11-23(12-9-15)21(28)17-6-2-3-7-18(17)22/h2-3,6-7,14-16H,4-5,8-13H2,1H3/t14-,16-/m0/s1. The quantitative estimate of drug-likeness (QED) is 0.761. The van der Waals surface area contributed by atoms with Gasteiger partial charge in [-0.05, 0) is 44.7 Å². The topological polar surface area (TPSA) is 60.9 Å². The predicted octanol–water partition coefficient (Wildman–Crippen LogP) is 2.41. The van der Waals surface area contributed by atoms with E-state index < -0.39 is 0 Å². The van der Waals surface area contributed by atoms with Gasteiger partial charge in [-0.15, -0.1) is 0 Å². The van der Waals surface area contributed by atoms with Crippen LogP contribution < -0.4 is 0 Å². The van der Waals surface area contributed by atoms with E-state index in [-0.39, 0.29) is 35.7 Å². The number of carbonyl (C=O) groups is 3. The Balaban J connectivity index is 1.38. The van der Waals surface area contributed by atoms with Gasteiger partial charge in [0.2, 0.25) is 11.8 Å². The third-order valence-corrected chi connectivity index (χ3v) is 6.74. The number of amides is 3. The van der Waals surface area contributed by atoms with Crippen molar-refractivity contribution < 1.29 is 14.4 Å². The van der Waals surface area contributed by atoms with Crippen molar-refractivity contribution in [1.82, 2.24) is 14.7 Å². The summed E-state index contributed by atoms with van der Waals surface area (Å²) in [6.45, 7) is 4.37. The first kappa shape index (κ1) is 19.2. The van der Waals surface area contributed by atoms with Gasteiger partial charge in [0.25, 0.3) is 5.91 Å². The number of carbonyl (C=O) groups excluding carboxylic acids is 3. The van der Waals surface area contributed by atoms with Crippen molar-refractivity contribution in [1.29, 1.82) is 0 Å². The molecular formula is C21H26ClN3O3. The number of benzene rings is 1. The Bertz CT molecular complexity index is 791. The van der Waals surface area contributed by atoms with Crippen molar-refractivity contribution in [2.75, 3.05) is 26.2 Å². The van der Waals surface area contributed by atoms with Crippen LogP contribution in [0.15, 0.2) is 24.3 Å². The summed E-state index contributed by atoms with van der Waals surface area (Å²) >= 11 is 6.15. The van der Waals surface area contributed by atoms with Gasteiger partial charge in [0.1, 0.15) is 6.04 Å². The summed E-state index contributed by atoms with van der Waals surface area (Å²) in [6, 6.07) is 6.84. The molecule has 3 saturated heterocycles. The van der Waals surface area contributed by atoms with E-state index in [1.807, 2.05) is 11.8 Å². The van der Waals surface area contributed by atoms with Crippen LogP contribution in [0.5, 0.6) is 0 Å². The molecule has 6 nitrogen and oxygen atoms in total. The number of likely N-dealkylation sites (tertiary alicyclic amines) is 1. The Morgan fingerprint density at radius 1 is 1.07 bits per heavy atom. The molecule has 7 heteroatoms. The summed E-state index contributed by atoms with van der Waals surface area (Å²) < 4.78 is 0. The molecular weight excluding hydrogens is 378 g/mol. The fourth-order valence-electron chi connectivity index (χ4n) is 4.72. The first-order valence-electron chi connectivity index (χ1n) is 10.1. The smallest absolute Gasteiger partial charge is 0.255 e. The molecule has 0 radical (unpaired) electrons. The lowest BCUT2D eigenvalue weighted by Crippen LogP contribution is -2.61. The summed E-state index contributed by atoms with van der Waals surface area (Å²) in [6.07, 6.45) is 3.25. The molecule has 150 valence electrons. The van der Waals surface area contributed by atoms with Crippen LogP contribution in [0.2, 0.25) is 5.02 Å². The lowest BCUT2D eigenvalue weighted by atomic mass is 9.93. The Hall–Kier alpha value is -2.08. The highest BCUT2D eigenvalue weighted by atomic mass is 35.5. The Kier molecular flexibility index (Phi) is 5.32. The van der Waals surface area contributed by atoms with Crippen molar-refractivity contribution >= 4 is 29.3 Å². The molecule has 0 aliphatic carbocycles. The van der Waals surface area contributed by atoms with Gasteiger partial charge in [-0.25, -0.2) is 0 Å². The number of hydrogen-bond acceptors (Lipinski definition) is 3. The number of piperazine rings is 1. The highest BCUT2D eigenvalue weighted by molar-refractivity contribution is 6.33. The van der Waals surface area contributed by atoms with E-state index in [1.165, 1.54) is 0 Å². The van der Waals surface area contributed by atoms with E-state index >= 15 is 0 Å². The second-order valence-corrected chi connectivity index (χ2v) is 8.45. The lowest BCUT2D eigenvalue weighted by molar-refractivity contribution is -0.155. The zero-order valence-electron chi connectivity index (χ0n) is 16.1. The molecule has 28 heavy (non-hydrogen) atoms. The molecule has 0 unspecified atom stereocenters. The monoisotopic (exact) mass is 403 g/mol. The van der Waals surface area contributed by atoms with Crippen molar-refractivity contribution in [2.24, 2.45) is 5.92 Å². The predicted molar refractivity (Wildman–Crippen MR) is 106 cm³/mol. The van der Waals surface area contributed by atoms with Gasteiger partial charge >= 0.3 is 0 Å². The minimum atomic E-state index is -0.385. The third-order valence-electron chi connectivity index (χ3n) is 6.41. The summed E-state index contributed by atoms with van der Waals surface area (Å²) in [5, 5.41) is 0.451. The van der Waals surface area contributed by atoms with Crippen LogP contribution >= 0.6 is 11.6 Å². The molecule has 0 spiro atoms. The van der Waals surface area contributed by atoms with Gasteiger partial charge in [-0.3, -0.25) is 14.4 Å². The van der Waals surface area contributed by atoms with Gasteiger partial charge in [0, 0.05) is 38.1 Å². The van der Waals surface area contributed by atoms with Crippen molar-refractivity contribution in [3.8, 4) is 0 Å². The lowest BCUT2D eigenvalue weighted by Gasteiger charge is -2.43.